The van der Waals surface area contributed by atoms with Crippen molar-refractivity contribution in [2.45, 2.75) is 18.9 Å². The monoisotopic (exact) mass is 240 g/mol. The van der Waals surface area contributed by atoms with Crippen molar-refractivity contribution in [3.63, 3.8) is 0 Å². The van der Waals surface area contributed by atoms with E-state index in [4.69, 9.17) is 22.1 Å². The van der Waals surface area contributed by atoms with E-state index in [1.807, 2.05) is 6.07 Å². The lowest BCUT2D eigenvalue weighted by Gasteiger charge is -2.30. The average Bonchev–Trinajstić information content (AvgIpc) is 2.22. The fraction of sp³-hybridized carbons (Fsp3) is 0.500. The largest absolute Gasteiger partial charge is 0.487 e. The maximum Gasteiger partial charge on any atom is 0.142 e. The lowest BCUT2D eigenvalue weighted by atomic mass is 10.1. The van der Waals surface area contributed by atoms with Crippen LogP contribution in [0.15, 0.2) is 18.2 Å². The summed E-state index contributed by atoms with van der Waals surface area (Å²) in [4.78, 5) is 2.28. The Morgan fingerprint density at radius 3 is 3.00 bits per heavy atom. The summed E-state index contributed by atoms with van der Waals surface area (Å²) in [5.41, 5.74) is 6.46. The van der Waals surface area contributed by atoms with Crippen molar-refractivity contribution < 1.29 is 4.74 Å². The van der Waals surface area contributed by atoms with Crippen LogP contribution in [0.4, 0.5) is 5.69 Å². The Hall–Kier alpha value is -0.930. The van der Waals surface area contributed by atoms with Gasteiger partial charge in [0, 0.05) is 11.6 Å². The first-order valence-corrected chi connectivity index (χ1v) is 5.93. The van der Waals surface area contributed by atoms with Gasteiger partial charge in [-0.25, -0.2) is 0 Å². The van der Waals surface area contributed by atoms with Gasteiger partial charge in [0.2, 0.25) is 0 Å². The molecular formula is C12H17ClN2O. The van der Waals surface area contributed by atoms with Crippen LogP contribution >= 0.6 is 11.6 Å². The molecule has 0 aliphatic carbocycles. The fourth-order valence-corrected chi connectivity index (χ4v) is 2.20. The van der Waals surface area contributed by atoms with Gasteiger partial charge in [-0.3, -0.25) is 0 Å². The van der Waals surface area contributed by atoms with Gasteiger partial charge in [0.1, 0.15) is 11.9 Å². The number of nitrogens with two attached hydrogens (primary N) is 1. The Morgan fingerprint density at radius 2 is 2.31 bits per heavy atom. The minimum absolute atomic E-state index is 0.238. The maximum absolute atomic E-state index is 5.89. The van der Waals surface area contributed by atoms with Crippen molar-refractivity contribution in [3.05, 3.63) is 23.2 Å². The molecule has 0 aromatic heterocycles. The number of anilines is 1. The van der Waals surface area contributed by atoms with Crippen LogP contribution in [0.3, 0.4) is 0 Å². The van der Waals surface area contributed by atoms with Gasteiger partial charge in [-0.05, 0) is 44.6 Å². The molecule has 1 aromatic carbocycles. The van der Waals surface area contributed by atoms with Gasteiger partial charge < -0.3 is 15.4 Å². The Kier molecular flexibility index (Phi) is 3.56. The Morgan fingerprint density at radius 1 is 1.50 bits per heavy atom. The summed E-state index contributed by atoms with van der Waals surface area (Å²) >= 11 is 5.84. The summed E-state index contributed by atoms with van der Waals surface area (Å²) < 4.78 is 5.89. The second-order valence-corrected chi connectivity index (χ2v) is 4.76. The highest BCUT2D eigenvalue weighted by molar-refractivity contribution is 6.30. The normalized spacial score (nSPS) is 22.0. The molecule has 1 fully saturated rings. The fourth-order valence-electron chi connectivity index (χ4n) is 2.02. The Labute approximate surface area is 101 Å². The summed E-state index contributed by atoms with van der Waals surface area (Å²) in [5, 5.41) is 0.644. The van der Waals surface area contributed by atoms with Crippen molar-refractivity contribution in [2.75, 3.05) is 25.9 Å². The maximum atomic E-state index is 5.89. The molecular weight excluding hydrogens is 224 g/mol. The zero-order valence-corrected chi connectivity index (χ0v) is 10.2. The highest BCUT2D eigenvalue weighted by Crippen LogP contribution is 2.27. The van der Waals surface area contributed by atoms with E-state index in [-0.39, 0.29) is 6.10 Å². The van der Waals surface area contributed by atoms with Crippen LogP contribution < -0.4 is 10.5 Å². The molecule has 1 unspecified atom stereocenters. The van der Waals surface area contributed by atoms with Crippen molar-refractivity contribution in [2.24, 2.45) is 0 Å². The molecule has 2 N–H and O–H groups in total. The highest BCUT2D eigenvalue weighted by atomic mass is 35.5. The number of hydrogen-bond donors (Lipinski definition) is 1. The predicted molar refractivity (Wildman–Crippen MR) is 67.0 cm³/mol. The first-order chi connectivity index (χ1) is 7.65. The standard InChI is InChI=1S/C12H17ClN2O/c1-15-6-2-3-10(8-15)16-12-5-4-9(13)7-11(12)14/h4-5,7,10H,2-3,6,8,14H2,1H3. The molecule has 88 valence electrons. The quantitative estimate of drug-likeness (QED) is 0.807. The molecule has 1 aromatic rings. The number of halogens is 1. The summed E-state index contributed by atoms with van der Waals surface area (Å²) in [6, 6.07) is 5.37. The molecule has 16 heavy (non-hydrogen) atoms. The number of nitrogens with zero attached hydrogens (tertiary/aromatic N) is 1. The number of likely N-dealkylation sites (N-methyl/N-ethyl adjacent to an activating group) is 1. The van der Waals surface area contributed by atoms with Crippen LogP contribution in [-0.2, 0) is 0 Å². The molecule has 1 aliphatic heterocycles. The smallest absolute Gasteiger partial charge is 0.142 e. The van der Waals surface area contributed by atoms with Gasteiger partial charge in [-0.1, -0.05) is 11.6 Å². The van der Waals surface area contributed by atoms with Crippen molar-refractivity contribution in [3.8, 4) is 5.75 Å². The number of hydrogen-bond acceptors (Lipinski definition) is 3. The van der Waals surface area contributed by atoms with E-state index in [2.05, 4.69) is 11.9 Å². The lowest BCUT2D eigenvalue weighted by Crippen LogP contribution is -2.38. The third-order valence-corrected chi connectivity index (χ3v) is 3.08. The number of ether oxygens (including phenoxy) is 1. The van der Waals surface area contributed by atoms with Crippen molar-refractivity contribution in [1.82, 2.24) is 4.90 Å². The van der Waals surface area contributed by atoms with Gasteiger partial charge in [0.25, 0.3) is 0 Å². The minimum atomic E-state index is 0.238. The van der Waals surface area contributed by atoms with Gasteiger partial charge in [0.05, 0.1) is 5.69 Å². The van der Waals surface area contributed by atoms with E-state index >= 15 is 0 Å². The van der Waals surface area contributed by atoms with E-state index in [1.54, 1.807) is 12.1 Å². The highest BCUT2D eigenvalue weighted by Gasteiger charge is 2.19. The summed E-state index contributed by atoms with van der Waals surface area (Å²) in [5.74, 6) is 0.740. The molecule has 1 saturated heterocycles. The molecule has 0 amide bonds. The molecule has 1 heterocycles. The molecule has 1 aliphatic rings. The van der Waals surface area contributed by atoms with Crippen LogP contribution in [-0.4, -0.2) is 31.1 Å². The van der Waals surface area contributed by atoms with E-state index in [1.165, 1.54) is 6.42 Å². The number of piperidine rings is 1. The second-order valence-electron chi connectivity index (χ2n) is 4.33. The lowest BCUT2D eigenvalue weighted by molar-refractivity contribution is 0.105. The Balaban J connectivity index is 2.02. The molecule has 2 rings (SSSR count). The van der Waals surface area contributed by atoms with Gasteiger partial charge >= 0.3 is 0 Å². The number of likely N-dealkylation sites (tertiary alicyclic amines) is 1. The summed E-state index contributed by atoms with van der Waals surface area (Å²) in [7, 11) is 2.11. The first kappa shape index (κ1) is 11.6. The molecule has 4 heteroatoms. The third-order valence-electron chi connectivity index (χ3n) is 2.85. The first-order valence-electron chi connectivity index (χ1n) is 5.55. The predicted octanol–water partition coefficient (Wildman–Crippen LogP) is 2.40. The van der Waals surface area contributed by atoms with E-state index in [9.17, 15) is 0 Å². The minimum Gasteiger partial charge on any atom is -0.487 e. The zero-order chi connectivity index (χ0) is 11.5. The van der Waals surface area contributed by atoms with E-state index in [0.29, 0.717) is 10.7 Å². The van der Waals surface area contributed by atoms with Crippen LogP contribution in [0, 0.1) is 0 Å². The van der Waals surface area contributed by atoms with E-state index < -0.39 is 0 Å². The van der Waals surface area contributed by atoms with Crippen molar-refractivity contribution >= 4 is 17.3 Å². The molecule has 1 atom stereocenters. The zero-order valence-electron chi connectivity index (χ0n) is 9.45. The second kappa shape index (κ2) is 4.93. The number of benzene rings is 1. The van der Waals surface area contributed by atoms with Gasteiger partial charge in [-0.2, -0.15) is 0 Å². The summed E-state index contributed by atoms with van der Waals surface area (Å²) in [6.45, 7) is 2.11. The number of nitrogen functional groups attached to an aromatic ring is 1. The average molecular weight is 241 g/mol. The molecule has 3 nitrogen and oxygen atoms in total. The van der Waals surface area contributed by atoms with Crippen LogP contribution in [0.2, 0.25) is 5.02 Å². The van der Waals surface area contributed by atoms with Crippen LogP contribution in [0.25, 0.3) is 0 Å². The van der Waals surface area contributed by atoms with Crippen LogP contribution in [0.1, 0.15) is 12.8 Å². The van der Waals surface area contributed by atoms with Crippen molar-refractivity contribution in [1.29, 1.82) is 0 Å². The molecule has 0 saturated carbocycles. The van der Waals surface area contributed by atoms with Gasteiger partial charge in [-0.15, -0.1) is 0 Å². The SMILES string of the molecule is CN1CCCC(Oc2ccc(Cl)cc2N)C1. The third kappa shape index (κ3) is 2.80. The summed E-state index contributed by atoms with van der Waals surface area (Å²) in [6.07, 6.45) is 2.50. The molecule has 0 radical (unpaired) electrons. The molecule has 0 bridgehead atoms. The number of rotatable bonds is 2. The van der Waals surface area contributed by atoms with Gasteiger partial charge in [0.15, 0.2) is 0 Å². The Bertz CT molecular complexity index is 370. The van der Waals surface area contributed by atoms with Crippen LogP contribution in [0.5, 0.6) is 5.75 Å². The molecule has 0 spiro atoms. The van der Waals surface area contributed by atoms with E-state index in [0.717, 1.165) is 25.3 Å². The topological polar surface area (TPSA) is 38.5 Å².